The Kier molecular flexibility index (Phi) is 7.96. The van der Waals surface area contributed by atoms with E-state index in [0.717, 1.165) is 0 Å². The summed E-state index contributed by atoms with van der Waals surface area (Å²) in [7, 11) is 1.48. The Hall–Kier alpha value is -2.44. The van der Waals surface area contributed by atoms with Crippen LogP contribution in [0.3, 0.4) is 0 Å². The molecule has 0 bridgehead atoms. The predicted molar refractivity (Wildman–Crippen MR) is 109 cm³/mol. The minimum atomic E-state index is -0.666. The van der Waals surface area contributed by atoms with Gasteiger partial charge < -0.3 is 19.5 Å². The molecular weight excluding hydrogens is 405 g/mol. The van der Waals surface area contributed by atoms with E-state index in [0.29, 0.717) is 34.7 Å². The lowest BCUT2D eigenvalue weighted by atomic mass is 10.2. The Balaban J connectivity index is 1.96. The summed E-state index contributed by atoms with van der Waals surface area (Å²) < 4.78 is 15.9. The van der Waals surface area contributed by atoms with Gasteiger partial charge in [-0.05, 0) is 36.2 Å². The second-order valence-corrected chi connectivity index (χ2v) is 7.08. The molecule has 0 saturated heterocycles. The fourth-order valence-electron chi connectivity index (χ4n) is 2.17. The zero-order valence-electron chi connectivity index (χ0n) is 15.8. The molecule has 2 aromatic carbocycles. The Labute approximate surface area is 173 Å². The molecule has 150 valence electrons. The van der Waals surface area contributed by atoms with Gasteiger partial charge in [-0.3, -0.25) is 4.79 Å². The molecule has 1 N–H and O–H groups in total. The topological polar surface area (TPSA) is 73.9 Å². The van der Waals surface area contributed by atoms with Crippen LogP contribution in [0.25, 0.3) is 0 Å². The quantitative estimate of drug-likeness (QED) is 0.612. The van der Waals surface area contributed by atoms with Crippen LogP contribution in [0, 0.1) is 5.92 Å². The van der Waals surface area contributed by atoms with E-state index in [9.17, 15) is 9.59 Å². The van der Waals surface area contributed by atoms with Crippen molar-refractivity contribution in [3.63, 3.8) is 0 Å². The Morgan fingerprint density at radius 1 is 1.11 bits per heavy atom. The van der Waals surface area contributed by atoms with Gasteiger partial charge in [0.15, 0.2) is 18.1 Å². The highest BCUT2D eigenvalue weighted by Crippen LogP contribution is 2.30. The van der Waals surface area contributed by atoms with E-state index in [-0.39, 0.29) is 10.6 Å². The van der Waals surface area contributed by atoms with E-state index in [1.807, 2.05) is 13.8 Å². The molecule has 6 nitrogen and oxygen atoms in total. The number of methoxy groups -OCH3 is 1. The third kappa shape index (κ3) is 6.04. The number of rotatable bonds is 8. The number of carbonyl (C=O) groups excluding carboxylic acids is 2. The van der Waals surface area contributed by atoms with Crippen LogP contribution in [0.15, 0.2) is 36.4 Å². The maximum Gasteiger partial charge on any atom is 0.338 e. The number of halogens is 2. The summed E-state index contributed by atoms with van der Waals surface area (Å²) >= 11 is 11.9. The molecule has 0 aliphatic heterocycles. The zero-order valence-corrected chi connectivity index (χ0v) is 17.3. The number of hydrogen-bond acceptors (Lipinski definition) is 5. The molecule has 1 amide bonds. The van der Waals surface area contributed by atoms with Crippen LogP contribution in [0.4, 0.5) is 5.69 Å². The van der Waals surface area contributed by atoms with Crippen LogP contribution >= 0.6 is 23.2 Å². The Morgan fingerprint density at radius 3 is 2.54 bits per heavy atom. The first-order valence-electron chi connectivity index (χ1n) is 8.53. The molecule has 8 heteroatoms. The minimum absolute atomic E-state index is 0.213. The summed E-state index contributed by atoms with van der Waals surface area (Å²) in [5.74, 6) is 0.0784. The lowest BCUT2D eigenvalue weighted by molar-refractivity contribution is -0.119. The minimum Gasteiger partial charge on any atom is -0.493 e. The second-order valence-electron chi connectivity index (χ2n) is 6.30. The van der Waals surface area contributed by atoms with Crippen molar-refractivity contribution >= 4 is 40.8 Å². The monoisotopic (exact) mass is 425 g/mol. The van der Waals surface area contributed by atoms with Crippen molar-refractivity contribution in [3.8, 4) is 11.5 Å². The first-order valence-corrected chi connectivity index (χ1v) is 9.29. The van der Waals surface area contributed by atoms with E-state index in [1.165, 1.54) is 13.2 Å². The zero-order chi connectivity index (χ0) is 20.7. The van der Waals surface area contributed by atoms with Gasteiger partial charge in [0.2, 0.25) is 0 Å². The number of hydrogen-bond donors (Lipinski definition) is 1. The number of esters is 1. The Morgan fingerprint density at radius 2 is 1.86 bits per heavy atom. The molecule has 0 radical (unpaired) electrons. The normalized spacial score (nSPS) is 10.5. The number of ether oxygens (including phenoxy) is 3. The number of amides is 1. The molecule has 2 rings (SSSR count). The average molecular weight is 426 g/mol. The number of nitrogens with one attached hydrogen (secondary N) is 1. The molecule has 0 unspecified atom stereocenters. The van der Waals surface area contributed by atoms with Crippen molar-refractivity contribution in [2.24, 2.45) is 5.92 Å². The van der Waals surface area contributed by atoms with Crippen molar-refractivity contribution in [3.05, 3.63) is 52.0 Å². The summed E-state index contributed by atoms with van der Waals surface area (Å²) in [5, 5.41) is 3.06. The fraction of sp³-hybridized carbons (Fsp3) is 0.300. The first kappa shape index (κ1) is 21.9. The van der Waals surface area contributed by atoms with Crippen LogP contribution in [-0.4, -0.2) is 32.2 Å². The molecule has 0 heterocycles. The lowest BCUT2D eigenvalue weighted by Crippen LogP contribution is -2.21. The highest BCUT2D eigenvalue weighted by molar-refractivity contribution is 6.44. The predicted octanol–water partition coefficient (Wildman–Crippen LogP) is 4.83. The van der Waals surface area contributed by atoms with Gasteiger partial charge in [-0.2, -0.15) is 0 Å². The van der Waals surface area contributed by atoms with Gasteiger partial charge >= 0.3 is 5.97 Å². The molecule has 0 spiro atoms. The van der Waals surface area contributed by atoms with Crippen LogP contribution in [0.2, 0.25) is 10.0 Å². The molecule has 0 fully saturated rings. The van der Waals surface area contributed by atoms with Crippen LogP contribution in [0.5, 0.6) is 11.5 Å². The number of carbonyl (C=O) groups is 2. The SMILES string of the molecule is COc1cc(C(=O)OCC(=O)Nc2cccc(Cl)c2Cl)ccc1OCC(C)C. The van der Waals surface area contributed by atoms with Gasteiger partial charge in [0.05, 0.1) is 35.0 Å². The summed E-state index contributed by atoms with van der Waals surface area (Å²) in [6.45, 7) is 4.10. The molecular formula is C20H21Cl2NO5. The summed E-state index contributed by atoms with van der Waals surface area (Å²) in [4.78, 5) is 24.2. The lowest BCUT2D eigenvalue weighted by Gasteiger charge is -2.13. The second kappa shape index (κ2) is 10.2. The maximum absolute atomic E-state index is 12.2. The van der Waals surface area contributed by atoms with Crippen LogP contribution in [-0.2, 0) is 9.53 Å². The van der Waals surface area contributed by atoms with Crippen molar-refractivity contribution in [1.82, 2.24) is 0 Å². The van der Waals surface area contributed by atoms with Crippen molar-refractivity contribution in [2.75, 3.05) is 25.6 Å². The van der Waals surface area contributed by atoms with Crippen LogP contribution in [0.1, 0.15) is 24.2 Å². The molecule has 0 aliphatic carbocycles. The molecule has 2 aromatic rings. The van der Waals surface area contributed by atoms with Gasteiger partial charge in [-0.25, -0.2) is 4.79 Å². The number of benzene rings is 2. The fourth-order valence-corrected chi connectivity index (χ4v) is 2.52. The highest BCUT2D eigenvalue weighted by atomic mass is 35.5. The van der Waals surface area contributed by atoms with Gasteiger partial charge in [0, 0.05) is 0 Å². The van der Waals surface area contributed by atoms with Gasteiger partial charge in [0.25, 0.3) is 5.91 Å². The Bertz CT molecular complexity index is 854. The molecule has 0 saturated carbocycles. The largest absolute Gasteiger partial charge is 0.493 e. The molecule has 28 heavy (non-hydrogen) atoms. The van der Waals surface area contributed by atoms with E-state index < -0.39 is 18.5 Å². The van der Waals surface area contributed by atoms with E-state index in [2.05, 4.69) is 5.32 Å². The summed E-state index contributed by atoms with van der Waals surface area (Å²) in [6, 6.07) is 9.51. The average Bonchev–Trinajstić information content (AvgIpc) is 2.67. The van der Waals surface area contributed by atoms with Crippen LogP contribution < -0.4 is 14.8 Å². The maximum atomic E-state index is 12.2. The third-order valence-electron chi connectivity index (χ3n) is 3.53. The van der Waals surface area contributed by atoms with E-state index >= 15 is 0 Å². The first-order chi connectivity index (χ1) is 13.3. The van der Waals surface area contributed by atoms with Crippen molar-refractivity contribution in [2.45, 2.75) is 13.8 Å². The smallest absolute Gasteiger partial charge is 0.338 e. The van der Waals surface area contributed by atoms with E-state index in [1.54, 1.807) is 30.3 Å². The van der Waals surface area contributed by atoms with Crippen molar-refractivity contribution < 1.29 is 23.8 Å². The van der Waals surface area contributed by atoms with Gasteiger partial charge in [0.1, 0.15) is 0 Å². The molecule has 0 atom stereocenters. The van der Waals surface area contributed by atoms with Gasteiger partial charge in [-0.15, -0.1) is 0 Å². The third-order valence-corrected chi connectivity index (χ3v) is 4.35. The standard InChI is InChI=1S/C20H21Cl2NO5/c1-12(2)10-27-16-8-7-13(9-17(16)26-3)20(25)28-11-18(24)23-15-6-4-5-14(21)19(15)22/h4-9,12H,10-11H2,1-3H3,(H,23,24). The molecule has 0 aliphatic rings. The summed E-state index contributed by atoms with van der Waals surface area (Å²) in [6.07, 6.45) is 0. The van der Waals surface area contributed by atoms with E-state index in [4.69, 9.17) is 37.4 Å². The number of anilines is 1. The highest BCUT2D eigenvalue weighted by Gasteiger charge is 2.15. The van der Waals surface area contributed by atoms with Gasteiger partial charge in [-0.1, -0.05) is 43.1 Å². The summed E-state index contributed by atoms with van der Waals surface area (Å²) in [5.41, 5.74) is 0.575. The van der Waals surface area contributed by atoms with Crippen molar-refractivity contribution in [1.29, 1.82) is 0 Å². The molecule has 0 aromatic heterocycles.